The molecule has 0 saturated heterocycles. The van der Waals surface area contributed by atoms with Gasteiger partial charge in [0.25, 0.3) is 0 Å². The third-order valence-corrected chi connectivity index (χ3v) is 2.79. The normalized spacial score (nSPS) is 20.3. The van der Waals surface area contributed by atoms with Crippen LogP contribution in [-0.4, -0.2) is 6.10 Å². The number of hydrogen-bond acceptors (Lipinski definition) is 2. The molecule has 1 unspecified atom stereocenters. The van der Waals surface area contributed by atoms with E-state index in [1.807, 2.05) is 19.1 Å². The third-order valence-electron chi connectivity index (χ3n) is 2.04. The number of nitrogens with two attached hydrogens (primary N) is 1. The number of ether oxygens (including phenoxy) is 1. The Kier molecular flexibility index (Phi) is 1.76. The first-order valence-corrected chi connectivity index (χ1v) is 4.71. The van der Waals surface area contributed by atoms with E-state index in [-0.39, 0.29) is 6.10 Å². The van der Waals surface area contributed by atoms with E-state index in [2.05, 4.69) is 15.9 Å². The highest BCUT2D eigenvalue weighted by Crippen LogP contribution is 2.38. The van der Waals surface area contributed by atoms with Gasteiger partial charge in [0.2, 0.25) is 0 Å². The van der Waals surface area contributed by atoms with Gasteiger partial charge in [-0.1, -0.05) is 15.9 Å². The molecule has 2 nitrogen and oxygen atoms in total. The Morgan fingerprint density at radius 2 is 2.33 bits per heavy atom. The van der Waals surface area contributed by atoms with Gasteiger partial charge in [-0.25, -0.2) is 0 Å². The van der Waals surface area contributed by atoms with Gasteiger partial charge in [-0.15, -0.1) is 0 Å². The molecule has 1 aromatic carbocycles. The van der Waals surface area contributed by atoms with Crippen molar-refractivity contribution in [1.29, 1.82) is 0 Å². The minimum absolute atomic E-state index is 0.251. The average Bonchev–Trinajstić information content (AvgIpc) is 2.41. The Hall–Kier alpha value is -0.700. The lowest BCUT2D eigenvalue weighted by molar-refractivity contribution is 0.256. The van der Waals surface area contributed by atoms with Crippen LogP contribution in [0.15, 0.2) is 16.6 Å². The molecular weight excluding hydrogens is 218 g/mol. The van der Waals surface area contributed by atoms with Crippen LogP contribution in [0.1, 0.15) is 12.5 Å². The molecule has 0 bridgehead atoms. The molecule has 3 heteroatoms. The van der Waals surface area contributed by atoms with Gasteiger partial charge < -0.3 is 10.5 Å². The van der Waals surface area contributed by atoms with E-state index in [0.717, 1.165) is 22.3 Å². The molecule has 1 aromatic rings. The van der Waals surface area contributed by atoms with Crippen LogP contribution < -0.4 is 10.5 Å². The Labute approximate surface area is 79.8 Å². The van der Waals surface area contributed by atoms with Gasteiger partial charge in [0.15, 0.2) is 0 Å². The summed E-state index contributed by atoms with van der Waals surface area (Å²) in [4.78, 5) is 0. The van der Waals surface area contributed by atoms with Crippen molar-refractivity contribution >= 4 is 21.6 Å². The molecule has 1 atom stereocenters. The van der Waals surface area contributed by atoms with E-state index in [1.165, 1.54) is 5.56 Å². The molecule has 0 fully saturated rings. The highest BCUT2D eigenvalue weighted by molar-refractivity contribution is 9.10. The minimum atomic E-state index is 0.251. The number of rotatable bonds is 0. The molecule has 64 valence electrons. The van der Waals surface area contributed by atoms with Crippen molar-refractivity contribution in [3.05, 3.63) is 22.2 Å². The molecular formula is C9H10BrNO. The van der Waals surface area contributed by atoms with Crippen LogP contribution in [0.4, 0.5) is 5.69 Å². The van der Waals surface area contributed by atoms with Gasteiger partial charge in [0.05, 0.1) is 5.69 Å². The summed E-state index contributed by atoms with van der Waals surface area (Å²) < 4.78 is 6.66. The van der Waals surface area contributed by atoms with Crippen LogP contribution in [0.2, 0.25) is 0 Å². The summed E-state index contributed by atoms with van der Waals surface area (Å²) in [5.41, 5.74) is 7.69. The van der Waals surface area contributed by atoms with Crippen LogP contribution in [0.5, 0.6) is 5.75 Å². The zero-order chi connectivity index (χ0) is 8.72. The van der Waals surface area contributed by atoms with Crippen molar-refractivity contribution in [2.45, 2.75) is 19.4 Å². The summed E-state index contributed by atoms with van der Waals surface area (Å²) in [7, 11) is 0. The maximum Gasteiger partial charge on any atom is 0.147 e. The number of fused-ring (bicyclic) bond motifs is 1. The number of benzene rings is 1. The summed E-state index contributed by atoms with van der Waals surface area (Å²) in [6.07, 6.45) is 1.20. The van der Waals surface area contributed by atoms with E-state index in [1.54, 1.807) is 0 Å². The lowest BCUT2D eigenvalue weighted by Crippen LogP contribution is -2.05. The van der Waals surface area contributed by atoms with E-state index >= 15 is 0 Å². The number of halogens is 1. The first-order valence-electron chi connectivity index (χ1n) is 3.92. The predicted molar refractivity (Wildman–Crippen MR) is 52.3 cm³/mol. The highest BCUT2D eigenvalue weighted by Gasteiger charge is 2.23. The van der Waals surface area contributed by atoms with Crippen LogP contribution in [0, 0.1) is 0 Å². The number of anilines is 1. The zero-order valence-corrected chi connectivity index (χ0v) is 8.39. The van der Waals surface area contributed by atoms with Gasteiger partial charge in [-0.05, 0) is 19.1 Å². The lowest BCUT2D eigenvalue weighted by Gasteiger charge is -2.05. The molecule has 0 saturated carbocycles. The van der Waals surface area contributed by atoms with E-state index in [9.17, 15) is 0 Å². The monoisotopic (exact) mass is 227 g/mol. The van der Waals surface area contributed by atoms with Crippen molar-refractivity contribution in [1.82, 2.24) is 0 Å². The fraction of sp³-hybridized carbons (Fsp3) is 0.333. The fourth-order valence-corrected chi connectivity index (χ4v) is 1.96. The largest absolute Gasteiger partial charge is 0.488 e. The van der Waals surface area contributed by atoms with Crippen molar-refractivity contribution in [3.63, 3.8) is 0 Å². The Balaban J connectivity index is 2.56. The van der Waals surface area contributed by atoms with E-state index < -0.39 is 0 Å². The molecule has 0 aromatic heterocycles. The second kappa shape index (κ2) is 2.66. The standard InChI is InChI=1S/C9H10BrNO/c1-5-4-6-7(10)2-3-8(11)9(6)12-5/h2-3,5H,4,11H2,1H3. The SMILES string of the molecule is CC1Cc2c(Br)ccc(N)c2O1. The molecule has 2 N–H and O–H groups in total. The summed E-state index contributed by atoms with van der Waals surface area (Å²) in [6.45, 7) is 2.05. The van der Waals surface area contributed by atoms with Gasteiger partial charge in [-0.2, -0.15) is 0 Å². The van der Waals surface area contributed by atoms with Crippen molar-refractivity contribution in [2.24, 2.45) is 0 Å². The lowest BCUT2D eigenvalue weighted by atomic mass is 10.1. The molecule has 0 aliphatic carbocycles. The second-order valence-electron chi connectivity index (χ2n) is 3.08. The van der Waals surface area contributed by atoms with Gasteiger partial charge in [0.1, 0.15) is 11.9 Å². The molecule has 1 aliphatic rings. The highest BCUT2D eigenvalue weighted by atomic mass is 79.9. The quantitative estimate of drug-likeness (QED) is 0.691. The van der Waals surface area contributed by atoms with Crippen LogP contribution in [-0.2, 0) is 6.42 Å². The predicted octanol–water partition coefficient (Wildman–Crippen LogP) is 2.35. The van der Waals surface area contributed by atoms with Crippen molar-refractivity contribution < 1.29 is 4.74 Å². The van der Waals surface area contributed by atoms with Crippen LogP contribution in [0.25, 0.3) is 0 Å². The van der Waals surface area contributed by atoms with Crippen LogP contribution in [0.3, 0.4) is 0 Å². The number of hydrogen-bond donors (Lipinski definition) is 1. The molecule has 1 heterocycles. The smallest absolute Gasteiger partial charge is 0.147 e. The fourth-order valence-electron chi connectivity index (χ4n) is 1.48. The summed E-state index contributed by atoms with van der Waals surface area (Å²) in [5.74, 6) is 0.858. The molecule has 12 heavy (non-hydrogen) atoms. The second-order valence-corrected chi connectivity index (χ2v) is 3.93. The molecule has 2 rings (SSSR count). The Morgan fingerprint density at radius 1 is 1.58 bits per heavy atom. The summed E-state index contributed by atoms with van der Waals surface area (Å²) >= 11 is 3.47. The third kappa shape index (κ3) is 1.08. The molecule has 1 aliphatic heterocycles. The topological polar surface area (TPSA) is 35.2 Å². The Morgan fingerprint density at radius 3 is 3.00 bits per heavy atom. The van der Waals surface area contributed by atoms with Gasteiger partial charge in [0, 0.05) is 16.5 Å². The van der Waals surface area contributed by atoms with Gasteiger partial charge in [-0.3, -0.25) is 0 Å². The maximum absolute atomic E-state index is 5.76. The first-order chi connectivity index (χ1) is 5.68. The Bertz CT molecular complexity index is 294. The number of nitrogen functional groups attached to an aromatic ring is 1. The first kappa shape index (κ1) is 7.92. The van der Waals surface area contributed by atoms with Crippen LogP contribution >= 0.6 is 15.9 Å². The summed E-state index contributed by atoms with van der Waals surface area (Å²) in [6, 6.07) is 3.83. The van der Waals surface area contributed by atoms with E-state index in [4.69, 9.17) is 10.5 Å². The minimum Gasteiger partial charge on any atom is -0.488 e. The van der Waals surface area contributed by atoms with E-state index in [0.29, 0.717) is 0 Å². The maximum atomic E-state index is 5.76. The average molecular weight is 228 g/mol. The molecule has 0 amide bonds. The van der Waals surface area contributed by atoms with Crippen molar-refractivity contribution in [2.75, 3.05) is 5.73 Å². The zero-order valence-electron chi connectivity index (χ0n) is 6.80. The van der Waals surface area contributed by atoms with Gasteiger partial charge >= 0.3 is 0 Å². The van der Waals surface area contributed by atoms with Crippen molar-refractivity contribution in [3.8, 4) is 5.75 Å². The molecule has 0 spiro atoms. The summed E-state index contributed by atoms with van der Waals surface area (Å²) in [5, 5.41) is 0. The molecule has 0 radical (unpaired) electrons.